The maximum atomic E-state index is 5.57. The van der Waals surface area contributed by atoms with Crippen molar-refractivity contribution in [2.24, 2.45) is 0 Å². The molecule has 0 aliphatic carbocycles. The number of nitrogens with zero attached hydrogens (tertiary/aromatic N) is 1. The number of halogens is 1. The van der Waals surface area contributed by atoms with Gasteiger partial charge in [0.2, 0.25) is 0 Å². The van der Waals surface area contributed by atoms with Gasteiger partial charge in [0.05, 0.1) is 10.2 Å². The van der Waals surface area contributed by atoms with Gasteiger partial charge < -0.3 is 9.30 Å². The number of rotatable bonds is 6. The highest BCUT2D eigenvalue weighted by molar-refractivity contribution is 14.1. The van der Waals surface area contributed by atoms with Crippen molar-refractivity contribution in [3.05, 3.63) is 29.8 Å². The van der Waals surface area contributed by atoms with Gasteiger partial charge in [0.1, 0.15) is 14.0 Å². The summed E-state index contributed by atoms with van der Waals surface area (Å²) in [6.45, 7) is 14.0. The lowest BCUT2D eigenvalue weighted by Gasteiger charge is -2.46. The lowest BCUT2D eigenvalue weighted by atomic mass is 10.1. The number of hydrogen-bond acceptors (Lipinski definition) is 2. The molecule has 1 unspecified atom stereocenters. The van der Waals surface area contributed by atoms with E-state index in [0.29, 0.717) is 0 Å². The Hall–Kier alpha value is -0.0731. The van der Waals surface area contributed by atoms with Crippen LogP contribution in [0.3, 0.4) is 0 Å². The van der Waals surface area contributed by atoms with Gasteiger partial charge in [0.25, 0.3) is 0 Å². The van der Waals surface area contributed by atoms with Crippen LogP contribution in [0.4, 0.5) is 0 Å². The van der Waals surface area contributed by atoms with E-state index in [1.165, 1.54) is 5.56 Å². The first kappa shape index (κ1) is 17.0. The summed E-state index contributed by atoms with van der Waals surface area (Å²) in [5.41, 5.74) is 1.32. The molecule has 0 aromatic heterocycles. The van der Waals surface area contributed by atoms with E-state index in [1.807, 2.05) is 6.07 Å². The minimum absolute atomic E-state index is 0.114. The Kier molecular flexibility index (Phi) is 5.89. The van der Waals surface area contributed by atoms with E-state index in [-0.39, 0.29) is 3.04 Å². The largest absolute Gasteiger partial charge is 0.496 e. The first-order chi connectivity index (χ1) is 8.82. The summed E-state index contributed by atoms with van der Waals surface area (Å²) in [7, 11) is 0.153. The molecular weight excluding hydrogens is 365 g/mol. The van der Waals surface area contributed by atoms with E-state index in [4.69, 9.17) is 4.74 Å². The van der Waals surface area contributed by atoms with Crippen LogP contribution in [0.25, 0.3) is 0 Å². The van der Waals surface area contributed by atoms with Gasteiger partial charge in [0, 0.05) is 5.56 Å². The highest BCUT2D eigenvalue weighted by atomic mass is 127. The third-order valence-electron chi connectivity index (χ3n) is 4.32. The van der Waals surface area contributed by atoms with E-state index in [9.17, 15) is 0 Å². The first-order valence-electron chi connectivity index (χ1n) is 6.90. The number of alkyl halides is 1. The molecule has 0 spiro atoms. The van der Waals surface area contributed by atoms with Gasteiger partial charge in [-0.25, -0.2) is 0 Å². The molecular formula is C15H26INOSi. The number of ether oxygens (including phenoxy) is 1. The van der Waals surface area contributed by atoms with E-state index in [2.05, 4.69) is 79.2 Å². The molecule has 0 saturated carbocycles. The maximum absolute atomic E-state index is 5.57. The van der Waals surface area contributed by atoms with E-state index < -0.39 is 8.24 Å². The minimum atomic E-state index is -1.61. The molecule has 1 atom stereocenters. The number of benzene rings is 1. The monoisotopic (exact) mass is 391 g/mol. The SMILES string of the molecule is CCN(CC)[Si](C)(C)C(C)(I)c1ccccc1OC. The average molecular weight is 391 g/mol. The summed E-state index contributed by atoms with van der Waals surface area (Å²) in [4.78, 5) is 0. The Bertz CT molecular complexity index is 416. The van der Waals surface area contributed by atoms with Crippen molar-refractivity contribution in [1.29, 1.82) is 0 Å². The van der Waals surface area contributed by atoms with Crippen LogP contribution in [0.15, 0.2) is 24.3 Å². The topological polar surface area (TPSA) is 12.5 Å². The Balaban J connectivity index is 3.28. The summed E-state index contributed by atoms with van der Waals surface area (Å²) >= 11 is 2.64. The molecule has 0 N–H and O–H groups in total. The van der Waals surface area contributed by atoms with Gasteiger partial charge in [-0.05, 0) is 26.1 Å². The molecule has 0 aliphatic heterocycles. The van der Waals surface area contributed by atoms with Crippen LogP contribution in [-0.2, 0) is 3.04 Å². The fraction of sp³-hybridized carbons (Fsp3) is 0.600. The molecule has 1 aromatic carbocycles. The molecule has 2 nitrogen and oxygen atoms in total. The number of para-hydroxylation sites is 1. The van der Waals surface area contributed by atoms with Crippen molar-refractivity contribution in [2.45, 2.75) is 36.9 Å². The third-order valence-corrected chi connectivity index (χ3v) is 13.6. The van der Waals surface area contributed by atoms with Gasteiger partial charge in [-0.3, -0.25) is 0 Å². The van der Waals surface area contributed by atoms with Crippen LogP contribution in [-0.4, -0.2) is 33.0 Å². The van der Waals surface area contributed by atoms with Crippen LogP contribution in [0.1, 0.15) is 26.3 Å². The molecule has 4 heteroatoms. The zero-order valence-electron chi connectivity index (χ0n) is 13.0. The Morgan fingerprint density at radius 3 is 2.21 bits per heavy atom. The summed E-state index contributed by atoms with van der Waals surface area (Å²) < 4.78 is 8.33. The van der Waals surface area contributed by atoms with Crippen LogP contribution < -0.4 is 4.74 Å². The fourth-order valence-electron chi connectivity index (χ4n) is 2.67. The Morgan fingerprint density at radius 2 is 1.74 bits per heavy atom. The predicted molar refractivity (Wildman–Crippen MR) is 94.8 cm³/mol. The molecule has 0 amide bonds. The van der Waals surface area contributed by atoms with Crippen molar-refractivity contribution in [3.8, 4) is 5.75 Å². The number of hydrogen-bond donors (Lipinski definition) is 0. The predicted octanol–water partition coefficient (Wildman–Crippen LogP) is 4.43. The summed E-state index contributed by atoms with van der Waals surface area (Å²) in [6, 6.07) is 8.44. The fourth-order valence-corrected chi connectivity index (χ4v) is 7.18. The normalized spacial score (nSPS) is 15.4. The van der Waals surface area contributed by atoms with Crippen molar-refractivity contribution >= 4 is 30.8 Å². The second kappa shape index (κ2) is 6.59. The van der Waals surface area contributed by atoms with Gasteiger partial charge in [0.15, 0.2) is 0 Å². The van der Waals surface area contributed by atoms with E-state index in [1.54, 1.807) is 7.11 Å². The molecule has 0 radical (unpaired) electrons. The molecule has 1 rings (SSSR count). The van der Waals surface area contributed by atoms with Crippen molar-refractivity contribution in [1.82, 2.24) is 4.57 Å². The van der Waals surface area contributed by atoms with Crippen molar-refractivity contribution in [3.63, 3.8) is 0 Å². The lowest BCUT2D eigenvalue weighted by Crippen LogP contribution is -2.59. The molecule has 0 fully saturated rings. The smallest absolute Gasteiger partial charge is 0.143 e. The standard InChI is InChI=1S/C15H26INOSi/c1-7-17(8-2)19(5,6)15(3,16)13-11-9-10-12-14(13)18-4/h9-12H,7-8H2,1-6H3. The quantitative estimate of drug-likeness (QED) is 0.404. The Morgan fingerprint density at radius 1 is 1.21 bits per heavy atom. The average Bonchev–Trinajstić information content (AvgIpc) is 2.39. The zero-order chi connectivity index (χ0) is 14.7. The second-order valence-corrected chi connectivity index (χ2v) is 13.4. The minimum Gasteiger partial charge on any atom is -0.496 e. The molecule has 19 heavy (non-hydrogen) atoms. The highest BCUT2D eigenvalue weighted by Crippen LogP contribution is 2.45. The van der Waals surface area contributed by atoms with Crippen LogP contribution in [0.5, 0.6) is 5.75 Å². The molecule has 0 saturated heterocycles. The molecule has 0 heterocycles. The highest BCUT2D eigenvalue weighted by Gasteiger charge is 2.47. The zero-order valence-corrected chi connectivity index (χ0v) is 16.1. The molecule has 0 aliphatic rings. The van der Waals surface area contributed by atoms with Crippen LogP contribution in [0, 0.1) is 0 Å². The van der Waals surface area contributed by atoms with Gasteiger partial charge in [-0.1, -0.05) is 67.7 Å². The van der Waals surface area contributed by atoms with Gasteiger partial charge in [-0.15, -0.1) is 0 Å². The first-order valence-corrected chi connectivity index (χ1v) is 10.9. The van der Waals surface area contributed by atoms with Crippen LogP contribution in [0.2, 0.25) is 13.1 Å². The molecule has 0 bridgehead atoms. The van der Waals surface area contributed by atoms with E-state index >= 15 is 0 Å². The van der Waals surface area contributed by atoms with Crippen molar-refractivity contribution < 1.29 is 4.74 Å². The summed E-state index contributed by atoms with van der Waals surface area (Å²) in [5.74, 6) is 1.01. The van der Waals surface area contributed by atoms with E-state index in [0.717, 1.165) is 18.8 Å². The molecule has 108 valence electrons. The lowest BCUT2D eigenvalue weighted by molar-refractivity contribution is 0.405. The summed E-state index contributed by atoms with van der Waals surface area (Å²) in [6.07, 6.45) is 0. The Labute approximate surface area is 132 Å². The molecule has 1 aromatic rings. The van der Waals surface area contributed by atoms with Gasteiger partial charge in [-0.2, -0.15) is 0 Å². The van der Waals surface area contributed by atoms with Crippen LogP contribution >= 0.6 is 22.6 Å². The maximum Gasteiger partial charge on any atom is 0.143 e. The van der Waals surface area contributed by atoms with Gasteiger partial charge >= 0.3 is 0 Å². The number of methoxy groups -OCH3 is 1. The van der Waals surface area contributed by atoms with Crippen molar-refractivity contribution in [2.75, 3.05) is 20.2 Å². The summed E-state index contributed by atoms with van der Waals surface area (Å²) in [5, 5.41) is 0. The second-order valence-electron chi connectivity index (χ2n) is 5.43. The third kappa shape index (κ3) is 3.16.